The minimum absolute atomic E-state index is 0.0425. The van der Waals surface area contributed by atoms with Crippen LogP contribution in [0.5, 0.6) is 0 Å². The van der Waals surface area contributed by atoms with Crippen molar-refractivity contribution in [3.05, 3.63) is 35.6 Å². The van der Waals surface area contributed by atoms with Crippen molar-refractivity contribution in [1.82, 2.24) is 0 Å². The van der Waals surface area contributed by atoms with Gasteiger partial charge in [0.1, 0.15) is 17.5 Å². The molecular formula is C13H15FO3. The van der Waals surface area contributed by atoms with Crippen molar-refractivity contribution in [2.45, 2.75) is 20.3 Å². The van der Waals surface area contributed by atoms with Gasteiger partial charge in [-0.05, 0) is 31.9 Å². The van der Waals surface area contributed by atoms with Gasteiger partial charge >= 0.3 is 5.97 Å². The van der Waals surface area contributed by atoms with Crippen molar-refractivity contribution in [1.29, 1.82) is 0 Å². The second-order valence-corrected chi connectivity index (χ2v) is 3.71. The van der Waals surface area contributed by atoms with E-state index in [1.54, 1.807) is 25.1 Å². The first-order valence-corrected chi connectivity index (χ1v) is 5.46. The molecule has 0 spiro atoms. The molecule has 1 aromatic carbocycles. The largest absolute Gasteiger partial charge is 0.465 e. The number of benzene rings is 1. The van der Waals surface area contributed by atoms with Gasteiger partial charge in [-0.25, -0.2) is 4.39 Å². The molecule has 0 saturated heterocycles. The Balaban J connectivity index is 2.84. The van der Waals surface area contributed by atoms with E-state index in [1.165, 1.54) is 13.0 Å². The summed E-state index contributed by atoms with van der Waals surface area (Å²) < 4.78 is 18.2. The first-order chi connectivity index (χ1) is 8.06. The Morgan fingerprint density at radius 1 is 1.35 bits per heavy atom. The van der Waals surface area contributed by atoms with Crippen molar-refractivity contribution in [2.24, 2.45) is 5.92 Å². The first-order valence-electron chi connectivity index (χ1n) is 5.46. The first kappa shape index (κ1) is 13.4. The third kappa shape index (κ3) is 3.66. The van der Waals surface area contributed by atoms with Crippen LogP contribution < -0.4 is 0 Å². The van der Waals surface area contributed by atoms with Crippen molar-refractivity contribution >= 4 is 11.8 Å². The van der Waals surface area contributed by atoms with E-state index in [9.17, 15) is 14.0 Å². The molecule has 0 radical (unpaired) electrons. The highest BCUT2D eigenvalue weighted by molar-refractivity contribution is 5.98. The summed E-state index contributed by atoms with van der Waals surface area (Å²) in [6, 6.07) is 6.09. The van der Waals surface area contributed by atoms with Gasteiger partial charge in [-0.3, -0.25) is 9.59 Å². The monoisotopic (exact) mass is 238 g/mol. The number of carbonyl (C=O) groups excluding carboxylic acids is 2. The van der Waals surface area contributed by atoms with E-state index >= 15 is 0 Å². The van der Waals surface area contributed by atoms with Crippen LogP contribution in [0.15, 0.2) is 24.3 Å². The molecule has 0 aliphatic carbocycles. The molecule has 0 saturated carbocycles. The van der Waals surface area contributed by atoms with Gasteiger partial charge in [0, 0.05) is 0 Å². The molecule has 0 N–H and O–H groups in total. The lowest BCUT2D eigenvalue weighted by molar-refractivity contribution is -0.151. The van der Waals surface area contributed by atoms with E-state index in [0.29, 0.717) is 5.56 Å². The topological polar surface area (TPSA) is 43.4 Å². The van der Waals surface area contributed by atoms with Crippen LogP contribution in [0, 0.1) is 11.7 Å². The zero-order valence-electron chi connectivity index (χ0n) is 9.90. The molecule has 0 aliphatic heterocycles. The Hall–Kier alpha value is -1.71. The Morgan fingerprint density at radius 2 is 2.00 bits per heavy atom. The van der Waals surface area contributed by atoms with Crippen molar-refractivity contribution in [3.8, 4) is 0 Å². The predicted octanol–water partition coefficient (Wildman–Crippen LogP) is 2.14. The molecule has 0 heterocycles. The summed E-state index contributed by atoms with van der Waals surface area (Å²) in [4.78, 5) is 22.9. The van der Waals surface area contributed by atoms with Crippen LogP contribution in [-0.2, 0) is 20.7 Å². The number of ketones is 1. The zero-order chi connectivity index (χ0) is 12.8. The molecule has 0 fully saturated rings. The smallest absolute Gasteiger partial charge is 0.316 e. The maximum atomic E-state index is 13.4. The minimum atomic E-state index is -0.924. The van der Waals surface area contributed by atoms with E-state index in [-0.39, 0.29) is 18.8 Å². The van der Waals surface area contributed by atoms with Crippen LogP contribution in [-0.4, -0.2) is 18.4 Å². The lowest BCUT2D eigenvalue weighted by Gasteiger charge is -2.12. The molecule has 0 aliphatic rings. The van der Waals surface area contributed by atoms with Gasteiger partial charge < -0.3 is 4.74 Å². The van der Waals surface area contributed by atoms with Gasteiger partial charge in [0.2, 0.25) is 0 Å². The summed E-state index contributed by atoms with van der Waals surface area (Å²) in [5.41, 5.74) is 0.348. The van der Waals surface area contributed by atoms with Gasteiger partial charge in [0.05, 0.1) is 6.61 Å². The average Bonchev–Trinajstić information content (AvgIpc) is 2.27. The van der Waals surface area contributed by atoms with E-state index in [2.05, 4.69) is 0 Å². The highest BCUT2D eigenvalue weighted by Crippen LogP contribution is 2.15. The fraction of sp³-hybridized carbons (Fsp3) is 0.385. The second-order valence-electron chi connectivity index (χ2n) is 3.71. The molecule has 1 aromatic rings. The number of ether oxygens (including phenoxy) is 1. The van der Waals surface area contributed by atoms with Crippen molar-refractivity contribution < 1.29 is 18.7 Å². The molecule has 17 heavy (non-hydrogen) atoms. The molecular weight excluding hydrogens is 223 g/mol. The second kappa shape index (κ2) is 6.13. The van der Waals surface area contributed by atoms with E-state index in [4.69, 9.17) is 4.74 Å². The molecule has 0 aromatic heterocycles. The summed E-state index contributed by atoms with van der Waals surface area (Å²) >= 11 is 0. The van der Waals surface area contributed by atoms with Crippen LogP contribution in [0.1, 0.15) is 19.4 Å². The third-order valence-corrected chi connectivity index (χ3v) is 2.44. The lowest BCUT2D eigenvalue weighted by atomic mass is 9.96. The van der Waals surface area contributed by atoms with Gasteiger partial charge in [0.15, 0.2) is 0 Å². The number of rotatable bonds is 5. The molecule has 92 valence electrons. The SMILES string of the molecule is CCOC(=O)[C@H](Cc1ccccc1F)C(C)=O. The number of Topliss-reactive ketones (excluding diaryl/α,β-unsaturated/α-hetero) is 1. The zero-order valence-corrected chi connectivity index (χ0v) is 9.90. The molecule has 1 rings (SSSR count). The van der Waals surface area contributed by atoms with Crippen molar-refractivity contribution in [3.63, 3.8) is 0 Å². The van der Waals surface area contributed by atoms with Crippen LogP contribution in [0.3, 0.4) is 0 Å². The average molecular weight is 238 g/mol. The summed E-state index contributed by atoms with van der Waals surface area (Å²) in [5, 5.41) is 0. The number of esters is 1. The van der Waals surface area contributed by atoms with Gasteiger partial charge in [-0.2, -0.15) is 0 Å². The Kier molecular flexibility index (Phi) is 4.82. The quantitative estimate of drug-likeness (QED) is 0.583. The standard InChI is InChI=1S/C13H15FO3/c1-3-17-13(16)11(9(2)15)8-10-6-4-5-7-12(10)14/h4-7,11H,3,8H2,1-2H3/t11-/m1/s1. The molecule has 4 heteroatoms. The predicted molar refractivity (Wildman–Crippen MR) is 60.9 cm³/mol. The van der Waals surface area contributed by atoms with Crippen LogP contribution in [0.2, 0.25) is 0 Å². The third-order valence-electron chi connectivity index (χ3n) is 2.44. The molecule has 0 bridgehead atoms. The van der Waals surface area contributed by atoms with Crippen molar-refractivity contribution in [2.75, 3.05) is 6.61 Å². The van der Waals surface area contributed by atoms with Crippen LogP contribution in [0.4, 0.5) is 4.39 Å². The summed E-state index contributed by atoms with van der Waals surface area (Å²) in [6.45, 7) is 3.18. The molecule has 3 nitrogen and oxygen atoms in total. The van der Waals surface area contributed by atoms with Gasteiger partial charge in [0.25, 0.3) is 0 Å². The minimum Gasteiger partial charge on any atom is -0.465 e. The summed E-state index contributed by atoms with van der Waals surface area (Å²) in [7, 11) is 0. The maximum absolute atomic E-state index is 13.4. The molecule has 0 unspecified atom stereocenters. The van der Waals surface area contributed by atoms with E-state index in [0.717, 1.165) is 0 Å². The number of hydrogen-bond donors (Lipinski definition) is 0. The fourth-order valence-electron chi connectivity index (χ4n) is 1.52. The fourth-order valence-corrected chi connectivity index (χ4v) is 1.52. The van der Waals surface area contributed by atoms with Crippen LogP contribution in [0.25, 0.3) is 0 Å². The number of halogens is 1. The van der Waals surface area contributed by atoms with Gasteiger partial charge in [-0.1, -0.05) is 18.2 Å². The van der Waals surface area contributed by atoms with E-state index in [1.807, 2.05) is 0 Å². The van der Waals surface area contributed by atoms with Gasteiger partial charge in [-0.15, -0.1) is 0 Å². The highest BCUT2D eigenvalue weighted by Gasteiger charge is 2.25. The summed E-state index contributed by atoms with van der Waals surface area (Å²) in [6.07, 6.45) is 0.0425. The van der Waals surface area contributed by atoms with Crippen LogP contribution >= 0.6 is 0 Å². The molecule has 1 atom stereocenters. The maximum Gasteiger partial charge on any atom is 0.316 e. The number of hydrogen-bond acceptors (Lipinski definition) is 3. The normalized spacial score (nSPS) is 11.9. The Bertz CT molecular complexity index is 415. The lowest BCUT2D eigenvalue weighted by Crippen LogP contribution is -2.26. The Morgan fingerprint density at radius 3 is 2.53 bits per heavy atom. The summed E-state index contributed by atoms with van der Waals surface area (Å²) in [5.74, 6) is -2.25. The highest BCUT2D eigenvalue weighted by atomic mass is 19.1. The number of carbonyl (C=O) groups is 2. The molecule has 0 amide bonds. The Labute approximate surface area is 99.6 Å². The van der Waals surface area contributed by atoms with E-state index < -0.39 is 17.7 Å².